The number of piperidine rings is 1. The monoisotopic (exact) mass is 684 g/mol. The molecule has 48 heavy (non-hydrogen) atoms. The Kier molecular flexibility index (Phi) is 9.81. The van der Waals surface area contributed by atoms with Gasteiger partial charge in [-0.25, -0.2) is 13.6 Å². The number of primary sulfonamides is 1. The Hall–Kier alpha value is -3.95. The number of benzene rings is 2. The summed E-state index contributed by atoms with van der Waals surface area (Å²) >= 11 is 0. The Morgan fingerprint density at radius 2 is 1.81 bits per heavy atom. The molecule has 4 N–H and O–H groups in total. The van der Waals surface area contributed by atoms with Gasteiger partial charge in [-0.15, -0.1) is 0 Å². The number of nitrogens with one attached hydrogen (secondary N) is 2. The van der Waals surface area contributed by atoms with Crippen LogP contribution in [-0.4, -0.2) is 75.6 Å². The van der Waals surface area contributed by atoms with Crippen molar-refractivity contribution in [3.05, 3.63) is 48.2 Å². The summed E-state index contributed by atoms with van der Waals surface area (Å²) in [5.41, 5.74) is 2.21. The number of nitrogens with two attached hydrogens (primary N) is 1. The van der Waals surface area contributed by atoms with E-state index in [9.17, 15) is 21.6 Å². The van der Waals surface area contributed by atoms with E-state index in [1.54, 1.807) is 18.2 Å². The molecule has 0 unspecified atom stereocenters. The van der Waals surface area contributed by atoms with Crippen molar-refractivity contribution in [2.45, 2.75) is 68.2 Å². The highest BCUT2D eigenvalue weighted by atomic mass is 32.2. The molecule has 256 valence electrons. The van der Waals surface area contributed by atoms with Crippen LogP contribution in [0.5, 0.6) is 5.75 Å². The van der Waals surface area contributed by atoms with Crippen LogP contribution in [0.2, 0.25) is 0 Å². The molecule has 0 radical (unpaired) electrons. The second-order valence-corrected chi connectivity index (χ2v) is 14.5. The lowest BCUT2D eigenvalue weighted by atomic mass is 9.76. The zero-order valence-corrected chi connectivity index (χ0v) is 27.3. The number of rotatable bonds is 9. The Morgan fingerprint density at radius 3 is 2.46 bits per heavy atom. The number of aromatic nitrogens is 1. The molecule has 1 saturated carbocycles. The van der Waals surface area contributed by atoms with Gasteiger partial charge in [0.1, 0.15) is 18.4 Å². The minimum atomic E-state index is -4.46. The third kappa shape index (κ3) is 7.84. The van der Waals surface area contributed by atoms with Gasteiger partial charge in [0.05, 0.1) is 41.6 Å². The summed E-state index contributed by atoms with van der Waals surface area (Å²) in [5, 5.41) is 21.4. The summed E-state index contributed by atoms with van der Waals surface area (Å²) in [5.74, 6) is 5.83. The van der Waals surface area contributed by atoms with Gasteiger partial charge in [0, 0.05) is 34.6 Å². The van der Waals surface area contributed by atoms with E-state index in [0.717, 1.165) is 57.7 Å². The van der Waals surface area contributed by atoms with E-state index in [4.69, 9.17) is 19.9 Å². The standard InChI is InChI=1S/C34H39F3N6O4S/c35-34(36,37)21-43-26(3-2-15-40-30-11-10-27(48(39,44)45)20-32(30)47-18-14-38)19-28-29(4-1-5-31(28)43)41-24-6-8-25(9-7-24)42-16-12-33(13-17-42)22-46-23-33/h1,4-5,10-11,19-20,24-25,40-41H,6-9,12-13,15-18,21-23H2,(H2,39,44,45). The molecule has 1 aliphatic carbocycles. The molecule has 2 aliphatic heterocycles. The van der Waals surface area contributed by atoms with E-state index in [1.807, 2.05) is 12.1 Å². The van der Waals surface area contributed by atoms with E-state index in [1.165, 1.54) is 35.6 Å². The maximum atomic E-state index is 13.7. The molecule has 10 nitrogen and oxygen atoms in total. The van der Waals surface area contributed by atoms with E-state index in [0.29, 0.717) is 28.0 Å². The molecule has 1 aromatic heterocycles. The highest BCUT2D eigenvalue weighted by molar-refractivity contribution is 7.89. The van der Waals surface area contributed by atoms with E-state index in [2.05, 4.69) is 27.4 Å². The minimum absolute atomic E-state index is 0.00526. The summed E-state index contributed by atoms with van der Waals surface area (Å²) < 4.78 is 76.7. The maximum Gasteiger partial charge on any atom is 0.406 e. The van der Waals surface area contributed by atoms with Crippen molar-refractivity contribution in [3.8, 4) is 23.7 Å². The topological polar surface area (TPSA) is 135 Å². The van der Waals surface area contributed by atoms with Crippen LogP contribution >= 0.6 is 0 Å². The fourth-order valence-corrected chi connectivity index (χ4v) is 7.57. The lowest BCUT2D eigenvalue weighted by molar-refractivity contribution is -0.143. The number of nitriles is 1. The molecule has 6 rings (SSSR count). The van der Waals surface area contributed by atoms with Crippen LogP contribution < -0.4 is 20.5 Å². The van der Waals surface area contributed by atoms with Crippen LogP contribution in [0.4, 0.5) is 24.5 Å². The Labute approximate surface area is 278 Å². The van der Waals surface area contributed by atoms with Gasteiger partial charge in [0.25, 0.3) is 0 Å². The number of fused-ring (bicyclic) bond motifs is 1. The first kappa shape index (κ1) is 33.9. The summed E-state index contributed by atoms with van der Waals surface area (Å²) in [6.07, 6.45) is 2.11. The van der Waals surface area contributed by atoms with Crippen LogP contribution in [0.25, 0.3) is 10.9 Å². The molecule has 0 bridgehead atoms. The van der Waals surface area contributed by atoms with Gasteiger partial charge >= 0.3 is 6.18 Å². The number of hydrogen-bond acceptors (Lipinski definition) is 8. The number of hydrogen-bond donors (Lipinski definition) is 3. The fraction of sp³-hybridized carbons (Fsp3) is 0.500. The first-order valence-electron chi connectivity index (χ1n) is 16.1. The van der Waals surface area contributed by atoms with Gasteiger partial charge in [0.2, 0.25) is 10.0 Å². The van der Waals surface area contributed by atoms with Gasteiger partial charge in [-0.05, 0) is 87.9 Å². The summed E-state index contributed by atoms with van der Waals surface area (Å²) in [7, 11) is -4.01. The molecular formula is C34H39F3N6O4S. The Morgan fingerprint density at radius 1 is 1.06 bits per heavy atom. The molecule has 14 heteroatoms. The summed E-state index contributed by atoms with van der Waals surface area (Å²) in [6, 6.07) is 13.5. The van der Waals surface area contributed by atoms with Crippen molar-refractivity contribution < 1.29 is 31.1 Å². The third-order valence-corrected chi connectivity index (χ3v) is 10.6. The van der Waals surface area contributed by atoms with Gasteiger partial charge < -0.3 is 29.6 Å². The van der Waals surface area contributed by atoms with Crippen LogP contribution in [0.1, 0.15) is 44.2 Å². The molecule has 3 heterocycles. The van der Waals surface area contributed by atoms with E-state index >= 15 is 0 Å². The number of alkyl halides is 3. The number of ether oxygens (including phenoxy) is 2. The first-order chi connectivity index (χ1) is 22.9. The number of halogens is 3. The van der Waals surface area contributed by atoms with E-state index in [-0.39, 0.29) is 35.5 Å². The molecule has 2 saturated heterocycles. The predicted molar refractivity (Wildman–Crippen MR) is 176 cm³/mol. The Bertz CT molecular complexity index is 1840. The number of nitrogens with zero attached hydrogens (tertiary/aromatic N) is 3. The SMILES string of the molecule is N#CCOc1cc(S(N)(=O)=O)ccc1NCC#Cc1cc2c(NC3CCC(N4CCC5(CC4)COC5)CC3)cccc2n1CC(F)(F)F. The fourth-order valence-electron chi connectivity index (χ4n) is 7.04. The maximum absolute atomic E-state index is 13.7. The molecule has 3 aliphatic rings. The van der Waals surface area contributed by atoms with Crippen LogP contribution in [0.15, 0.2) is 47.4 Å². The van der Waals surface area contributed by atoms with Crippen LogP contribution in [0.3, 0.4) is 0 Å². The molecule has 1 spiro atoms. The Balaban J connectivity index is 1.15. The summed E-state index contributed by atoms with van der Waals surface area (Å²) in [6.45, 7) is 2.53. The van der Waals surface area contributed by atoms with Crippen molar-refractivity contribution in [3.63, 3.8) is 0 Å². The zero-order valence-electron chi connectivity index (χ0n) is 26.5. The molecule has 3 fully saturated rings. The van der Waals surface area contributed by atoms with Crippen molar-refractivity contribution >= 4 is 32.3 Å². The van der Waals surface area contributed by atoms with Gasteiger partial charge in [-0.2, -0.15) is 18.4 Å². The van der Waals surface area contributed by atoms with Crippen LogP contribution in [-0.2, 0) is 21.3 Å². The number of sulfonamides is 1. The normalized spacial score (nSPS) is 21.1. The first-order valence-corrected chi connectivity index (χ1v) is 17.6. The average Bonchev–Trinajstić information content (AvgIpc) is 3.38. The van der Waals surface area contributed by atoms with E-state index < -0.39 is 22.7 Å². The zero-order chi connectivity index (χ0) is 33.9. The van der Waals surface area contributed by atoms with Gasteiger partial charge in [-0.1, -0.05) is 12.0 Å². The number of anilines is 2. The van der Waals surface area contributed by atoms with Crippen molar-refractivity contribution in [1.82, 2.24) is 9.47 Å². The predicted octanol–water partition coefficient (Wildman–Crippen LogP) is 5.05. The molecule has 2 aromatic carbocycles. The largest absolute Gasteiger partial charge is 0.477 e. The lowest BCUT2D eigenvalue weighted by Crippen LogP contribution is -2.53. The summed E-state index contributed by atoms with van der Waals surface area (Å²) in [4.78, 5) is 2.44. The highest BCUT2D eigenvalue weighted by Crippen LogP contribution is 2.40. The number of likely N-dealkylation sites (tertiary alicyclic amines) is 1. The smallest absolute Gasteiger partial charge is 0.406 e. The van der Waals surface area contributed by atoms with Crippen molar-refractivity contribution in [2.24, 2.45) is 10.6 Å². The second kappa shape index (κ2) is 13.9. The minimum Gasteiger partial charge on any atom is -0.477 e. The molecule has 0 amide bonds. The molecular weight excluding hydrogens is 645 g/mol. The lowest BCUT2D eigenvalue weighted by Gasteiger charge is -2.49. The quantitative estimate of drug-likeness (QED) is 0.267. The highest BCUT2D eigenvalue weighted by Gasteiger charge is 2.42. The van der Waals surface area contributed by atoms with Gasteiger partial charge in [-0.3, -0.25) is 0 Å². The second-order valence-electron chi connectivity index (χ2n) is 13.0. The molecule has 3 aromatic rings. The van der Waals surface area contributed by atoms with Gasteiger partial charge in [0.15, 0.2) is 6.61 Å². The van der Waals surface area contributed by atoms with Crippen molar-refractivity contribution in [2.75, 3.05) is 50.1 Å². The molecule has 0 atom stereocenters. The van der Waals surface area contributed by atoms with Crippen LogP contribution in [0, 0.1) is 28.6 Å². The van der Waals surface area contributed by atoms with Crippen molar-refractivity contribution in [1.29, 1.82) is 5.26 Å². The average molecular weight is 685 g/mol. The third-order valence-electron chi connectivity index (χ3n) is 9.69.